The molecule has 0 unspecified atom stereocenters. The van der Waals surface area contributed by atoms with Crippen molar-refractivity contribution in [3.8, 4) is 0 Å². The van der Waals surface area contributed by atoms with Gasteiger partial charge < -0.3 is 11.5 Å². The number of azo groups is 2. The molecule has 18 nitrogen and oxygen atoms in total. The van der Waals surface area contributed by atoms with Crippen LogP contribution in [-0.2, 0) is 40.5 Å². The van der Waals surface area contributed by atoms with Crippen molar-refractivity contribution in [2.75, 3.05) is 11.5 Å². The number of rotatable bonds is 10. The zero-order chi connectivity index (χ0) is 40.8. The Hall–Kier alpha value is -4.98. The van der Waals surface area contributed by atoms with Gasteiger partial charge >= 0.3 is 29.6 Å². The fourth-order valence-corrected chi connectivity index (χ4v) is 7.88. The van der Waals surface area contributed by atoms with Crippen LogP contribution in [0.5, 0.6) is 0 Å². The predicted molar refractivity (Wildman–Crippen MR) is 206 cm³/mol. The van der Waals surface area contributed by atoms with Crippen LogP contribution in [0.25, 0.3) is 33.7 Å². The molecular formula is C34H26N6NaO12S4+. The van der Waals surface area contributed by atoms with Crippen molar-refractivity contribution < 1.29 is 81.4 Å². The summed E-state index contributed by atoms with van der Waals surface area (Å²) in [4.78, 5) is -2.18. The molecule has 8 N–H and O–H groups in total. The first-order valence-electron chi connectivity index (χ1n) is 15.4. The quantitative estimate of drug-likeness (QED) is 0.0371. The van der Waals surface area contributed by atoms with Crippen LogP contribution in [-0.4, -0.2) is 51.9 Å². The average molecular weight is 862 g/mol. The molecule has 288 valence electrons. The normalized spacial score (nSPS) is 12.9. The van der Waals surface area contributed by atoms with Gasteiger partial charge in [-0.25, -0.2) is 0 Å². The van der Waals surface area contributed by atoms with Crippen LogP contribution in [0.15, 0.2) is 137 Å². The van der Waals surface area contributed by atoms with Crippen LogP contribution in [0.2, 0.25) is 0 Å². The SMILES string of the molecule is Nc1ccc(N=Nc2ccc(/C=C/c3ccc(N=Nc4ccc(N)c5ccc(S(=O)(=O)O)cc45)cc3S(=O)(=O)O)c(S(=O)(=O)O)c2)c2cc(S(=O)(=O)O)ccc12.[Na+]. The summed E-state index contributed by atoms with van der Waals surface area (Å²) in [7, 11) is -19.0. The minimum atomic E-state index is -4.93. The Balaban J connectivity index is 0.00000620. The molecule has 0 aliphatic rings. The van der Waals surface area contributed by atoms with Gasteiger partial charge in [-0.05, 0) is 83.9 Å². The standard InChI is InChI=1S/C34H26N6O12S4.Na/c35-29-11-13-31(27-17-23(53(41,42)43)7-9-25(27)29)39-37-21-5-3-19(33(15-21)55(47,48)49)1-2-20-4-6-22(16-34(20)56(50,51)52)38-40-32-14-12-30(36)26-10-8-24(18-28(26)32)54(44,45)46;/h1-18H,35-36H2,(H,41,42,43)(H,44,45,46)(H,47,48,49)(H,50,51,52);/q;+1/b2-1+,39-37?,40-38?;. The van der Waals surface area contributed by atoms with Crippen molar-refractivity contribution in [1.82, 2.24) is 0 Å². The number of anilines is 2. The molecule has 0 radical (unpaired) electrons. The second kappa shape index (κ2) is 16.1. The molecule has 57 heavy (non-hydrogen) atoms. The van der Waals surface area contributed by atoms with Crippen LogP contribution in [0.4, 0.5) is 34.1 Å². The summed E-state index contributed by atoms with van der Waals surface area (Å²) in [5.41, 5.74) is 12.3. The molecule has 0 aliphatic carbocycles. The third kappa shape index (κ3) is 9.77. The molecule has 0 saturated carbocycles. The van der Waals surface area contributed by atoms with E-state index in [0.29, 0.717) is 10.8 Å². The first-order valence-corrected chi connectivity index (χ1v) is 21.2. The zero-order valence-electron chi connectivity index (χ0n) is 29.0. The topological polar surface area (TPSA) is 319 Å². The number of nitrogens with zero attached hydrogens (tertiary/aromatic N) is 4. The number of hydrogen-bond donors (Lipinski definition) is 6. The van der Waals surface area contributed by atoms with E-state index < -0.39 is 60.1 Å². The molecular weight excluding hydrogens is 836 g/mol. The van der Waals surface area contributed by atoms with Crippen LogP contribution in [0.3, 0.4) is 0 Å². The Kier molecular flexibility index (Phi) is 12.2. The van der Waals surface area contributed by atoms with E-state index in [1.54, 1.807) is 0 Å². The van der Waals surface area contributed by atoms with Gasteiger partial charge in [-0.3, -0.25) is 18.2 Å². The van der Waals surface area contributed by atoms with Gasteiger partial charge in [0, 0.05) is 32.9 Å². The number of fused-ring (bicyclic) bond motifs is 2. The smallest absolute Gasteiger partial charge is 0.398 e. The van der Waals surface area contributed by atoms with Crippen LogP contribution in [0.1, 0.15) is 11.1 Å². The van der Waals surface area contributed by atoms with Crippen molar-refractivity contribution in [3.05, 3.63) is 108 Å². The fourth-order valence-electron chi connectivity index (χ4n) is 5.46. The molecule has 0 aromatic heterocycles. The summed E-state index contributed by atoms with van der Waals surface area (Å²) in [6, 6.07) is 20.1. The molecule has 0 amide bonds. The van der Waals surface area contributed by atoms with E-state index in [9.17, 15) is 51.9 Å². The van der Waals surface area contributed by atoms with Gasteiger partial charge in [-0.15, -0.1) is 10.2 Å². The van der Waals surface area contributed by atoms with Gasteiger partial charge in [-0.1, -0.05) is 36.4 Å². The summed E-state index contributed by atoms with van der Waals surface area (Å²) < 4.78 is 135. The Morgan fingerprint density at radius 2 is 0.789 bits per heavy atom. The maximum absolute atomic E-state index is 12.4. The van der Waals surface area contributed by atoms with E-state index in [2.05, 4.69) is 20.5 Å². The van der Waals surface area contributed by atoms with Crippen molar-refractivity contribution >= 4 is 108 Å². The monoisotopic (exact) mass is 861 g/mol. The van der Waals surface area contributed by atoms with Crippen LogP contribution in [0, 0.1) is 0 Å². The Morgan fingerprint density at radius 3 is 1.12 bits per heavy atom. The molecule has 6 aromatic carbocycles. The Morgan fingerprint density at radius 1 is 0.421 bits per heavy atom. The number of benzene rings is 6. The summed E-state index contributed by atoms with van der Waals surface area (Å²) in [6.45, 7) is 0. The van der Waals surface area contributed by atoms with Crippen LogP contribution >= 0.6 is 0 Å². The molecule has 6 rings (SSSR count). The molecule has 0 aliphatic heterocycles. The van der Waals surface area contributed by atoms with E-state index in [4.69, 9.17) is 11.5 Å². The van der Waals surface area contributed by atoms with E-state index >= 15 is 0 Å². The molecule has 0 fully saturated rings. The van der Waals surface area contributed by atoms with E-state index in [1.165, 1.54) is 60.7 Å². The summed E-state index contributed by atoms with van der Waals surface area (Å²) in [6.07, 6.45) is 2.29. The third-order valence-electron chi connectivity index (χ3n) is 8.13. The minimum absolute atomic E-state index is 0. The molecule has 23 heteroatoms. The zero-order valence-corrected chi connectivity index (χ0v) is 34.3. The Bertz CT molecular complexity index is 2960. The molecule has 0 spiro atoms. The summed E-state index contributed by atoms with van der Waals surface area (Å²) >= 11 is 0. The van der Waals surface area contributed by atoms with Gasteiger partial charge in [0.05, 0.1) is 32.5 Å². The maximum atomic E-state index is 12.4. The Labute approximate surface area is 347 Å². The summed E-state index contributed by atoms with van der Waals surface area (Å²) in [5, 5.41) is 17.4. The fraction of sp³-hybridized carbons (Fsp3) is 0. The van der Waals surface area contributed by atoms with Gasteiger partial charge in [0.2, 0.25) is 0 Å². The number of nitrogen functional groups attached to an aromatic ring is 2. The van der Waals surface area contributed by atoms with E-state index in [-0.39, 0.29) is 85.6 Å². The molecule has 0 saturated heterocycles. The van der Waals surface area contributed by atoms with E-state index in [0.717, 1.165) is 48.6 Å². The molecule has 6 aromatic rings. The maximum Gasteiger partial charge on any atom is 1.00 e. The minimum Gasteiger partial charge on any atom is -0.398 e. The third-order valence-corrected chi connectivity index (χ3v) is 11.7. The van der Waals surface area contributed by atoms with Crippen molar-refractivity contribution in [1.29, 1.82) is 0 Å². The van der Waals surface area contributed by atoms with Crippen molar-refractivity contribution in [3.63, 3.8) is 0 Å². The van der Waals surface area contributed by atoms with Gasteiger partial charge in [0.25, 0.3) is 40.5 Å². The van der Waals surface area contributed by atoms with Gasteiger partial charge in [0.1, 0.15) is 9.79 Å². The molecule has 0 heterocycles. The van der Waals surface area contributed by atoms with Gasteiger partial charge in [-0.2, -0.15) is 43.9 Å². The van der Waals surface area contributed by atoms with Crippen LogP contribution < -0.4 is 41.0 Å². The molecule has 0 atom stereocenters. The van der Waals surface area contributed by atoms with Crippen molar-refractivity contribution in [2.45, 2.75) is 19.6 Å². The average Bonchev–Trinajstić information content (AvgIpc) is 3.12. The largest absolute Gasteiger partial charge is 1.00 e. The second-order valence-corrected chi connectivity index (χ2v) is 17.5. The van der Waals surface area contributed by atoms with Gasteiger partial charge in [0.15, 0.2) is 0 Å². The first kappa shape index (κ1) is 43.1. The van der Waals surface area contributed by atoms with E-state index in [1.807, 2.05) is 0 Å². The summed E-state index contributed by atoms with van der Waals surface area (Å²) in [5.74, 6) is 0. The number of hydrogen-bond acceptors (Lipinski definition) is 14. The first-order chi connectivity index (χ1) is 26.1. The number of nitrogens with two attached hydrogens (primary N) is 2. The molecule has 0 bridgehead atoms. The predicted octanol–water partition coefficient (Wildman–Crippen LogP) is 4.15. The van der Waals surface area contributed by atoms with Crippen molar-refractivity contribution in [2.24, 2.45) is 20.5 Å². The second-order valence-electron chi connectivity index (χ2n) is 11.8.